The summed E-state index contributed by atoms with van der Waals surface area (Å²) in [5, 5.41) is 3.70. The lowest BCUT2D eigenvalue weighted by Gasteiger charge is -2.22. The summed E-state index contributed by atoms with van der Waals surface area (Å²) in [6.45, 7) is -0.500. The number of fused-ring (bicyclic) bond motifs is 3. The standard InChI is InChI=1S/C22H18N2O5/c25-19(28-13-16-11-15-6-2-4-8-18(15)29-16)12-24-20(26)22(23-21(24)27)10-9-14-5-1-3-7-17(14)22/h1-8,11H,9-10,12-13H2,(H,23,27). The van der Waals surface area contributed by atoms with Gasteiger partial charge in [0.05, 0.1) is 0 Å². The van der Waals surface area contributed by atoms with Gasteiger partial charge in [-0.3, -0.25) is 14.5 Å². The predicted octanol–water partition coefficient (Wildman–Crippen LogP) is 2.87. The van der Waals surface area contributed by atoms with Gasteiger partial charge in [-0.05, 0) is 36.1 Å². The molecule has 0 radical (unpaired) electrons. The molecule has 1 atom stereocenters. The number of imide groups is 1. The highest BCUT2D eigenvalue weighted by atomic mass is 16.5. The van der Waals surface area contributed by atoms with E-state index < -0.39 is 30.0 Å². The number of nitrogens with zero attached hydrogens (tertiary/aromatic N) is 1. The van der Waals surface area contributed by atoms with Crippen LogP contribution in [0.15, 0.2) is 59.0 Å². The third-order valence-electron chi connectivity index (χ3n) is 5.56. The number of esters is 1. The second kappa shape index (κ2) is 6.48. The van der Waals surface area contributed by atoms with Gasteiger partial charge in [0.1, 0.15) is 30.0 Å². The Labute approximate surface area is 166 Å². The van der Waals surface area contributed by atoms with Crippen molar-refractivity contribution in [2.24, 2.45) is 0 Å². The van der Waals surface area contributed by atoms with Gasteiger partial charge in [-0.2, -0.15) is 0 Å². The van der Waals surface area contributed by atoms with Gasteiger partial charge in [0.15, 0.2) is 0 Å². The average Bonchev–Trinajstić information content (AvgIpc) is 3.38. The van der Waals surface area contributed by atoms with Gasteiger partial charge in [-0.25, -0.2) is 4.79 Å². The molecule has 7 heteroatoms. The Morgan fingerprint density at radius 3 is 2.79 bits per heavy atom. The summed E-state index contributed by atoms with van der Waals surface area (Å²) in [5.74, 6) is -0.580. The Hall–Kier alpha value is -3.61. The molecule has 3 amide bonds. The predicted molar refractivity (Wildman–Crippen MR) is 103 cm³/mol. The maximum atomic E-state index is 13.0. The first-order chi connectivity index (χ1) is 14.1. The Bertz CT molecular complexity index is 1120. The maximum Gasteiger partial charge on any atom is 0.326 e. The number of aryl methyl sites for hydroxylation is 1. The quantitative estimate of drug-likeness (QED) is 0.547. The smallest absolute Gasteiger partial charge is 0.326 e. The molecule has 146 valence electrons. The number of hydrogen-bond acceptors (Lipinski definition) is 5. The minimum absolute atomic E-state index is 0.0643. The molecule has 1 N–H and O–H groups in total. The van der Waals surface area contributed by atoms with Crippen molar-refractivity contribution < 1.29 is 23.5 Å². The highest BCUT2D eigenvalue weighted by Crippen LogP contribution is 2.41. The van der Waals surface area contributed by atoms with Crippen LogP contribution < -0.4 is 5.32 Å². The molecule has 2 aliphatic rings. The van der Waals surface area contributed by atoms with E-state index in [1.54, 1.807) is 6.07 Å². The minimum atomic E-state index is -1.08. The van der Waals surface area contributed by atoms with Crippen molar-refractivity contribution in [2.45, 2.75) is 25.0 Å². The molecule has 5 rings (SSSR count). The molecule has 1 unspecified atom stereocenters. The highest BCUT2D eigenvalue weighted by molar-refractivity contribution is 6.09. The van der Waals surface area contributed by atoms with Gasteiger partial charge in [-0.15, -0.1) is 0 Å². The zero-order valence-electron chi connectivity index (χ0n) is 15.5. The molecule has 1 aromatic heterocycles. The molecule has 1 aliphatic carbocycles. The van der Waals surface area contributed by atoms with Crippen LogP contribution in [0.2, 0.25) is 0 Å². The number of ether oxygens (including phenoxy) is 1. The first kappa shape index (κ1) is 17.5. The molecule has 1 fully saturated rings. The third kappa shape index (κ3) is 2.77. The monoisotopic (exact) mass is 390 g/mol. The van der Waals surface area contributed by atoms with E-state index >= 15 is 0 Å². The van der Waals surface area contributed by atoms with Crippen LogP contribution in [0.1, 0.15) is 23.3 Å². The lowest BCUT2D eigenvalue weighted by Crippen LogP contribution is -2.42. The number of carbonyl (C=O) groups excluding carboxylic acids is 3. The molecular formula is C22H18N2O5. The van der Waals surface area contributed by atoms with Gasteiger partial charge >= 0.3 is 12.0 Å². The van der Waals surface area contributed by atoms with Gasteiger partial charge in [-0.1, -0.05) is 42.5 Å². The van der Waals surface area contributed by atoms with E-state index in [1.807, 2.05) is 48.5 Å². The van der Waals surface area contributed by atoms with E-state index in [0.717, 1.165) is 21.4 Å². The minimum Gasteiger partial charge on any atom is -0.457 e. The van der Waals surface area contributed by atoms with Gasteiger partial charge < -0.3 is 14.5 Å². The van der Waals surface area contributed by atoms with Crippen molar-refractivity contribution in [3.05, 3.63) is 71.5 Å². The Morgan fingerprint density at radius 1 is 1.14 bits per heavy atom. The number of urea groups is 1. The van der Waals surface area contributed by atoms with Gasteiger partial charge in [0.25, 0.3) is 5.91 Å². The number of rotatable bonds is 4. The van der Waals surface area contributed by atoms with Crippen molar-refractivity contribution in [3.63, 3.8) is 0 Å². The normalized spacial score (nSPS) is 20.3. The first-order valence-corrected chi connectivity index (χ1v) is 9.42. The van der Waals surface area contributed by atoms with E-state index in [2.05, 4.69) is 5.32 Å². The second-order valence-corrected chi connectivity index (χ2v) is 7.30. The SMILES string of the molecule is O=C(CN1C(=O)NC2(CCc3ccccc32)C1=O)OCc1cc2ccccc2o1. The van der Waals surface area contributed by atoms with Crippen LogP contribution in [0.4, 0.5) is 4.79 Å². The lowest BCUT2D eigenvalue weighted by atomic mass is 9.92. The van der Waals surface area contributed by atoms with Crippen molar-refractivity contribution in [3.8, 4) is 0 Å². The summed E-state index contributed by atoms with van der Waals surface area (Å²) in [7, 11) is 0. The summed E-state index contributed by atoms with van der Waals surface area (Å²) < 4.78 is 10.8. The molecule has 1 aliphatic heterocycles. The van der Waals surface area contributed by atoms with Crippen LogP contribution in [0.5, 0.6) is 0 Å². The highest BCUT2D eigenvalue weighted by Gasteiger charge is 2.55. The number of para-hydroxylation sites is 1. The number of carbonyl (C=O) groups is 3. The van der Waals surface area contributed by atoms with E-state index in [-0.39, 0.29) is 6.61 Å². The van der Waals surface area contributed by atoms with Crippen molar-refractivity contribution in [1.82, 2.24) is 10.2 Å². The van der Waals surface area contributed by atoms with Crippen LogP contribution in [0, 0.1) is 0 Å². The number of furan rings is 1. The van der Waals surface area contributed by atoms with E-state index in [9.17, 15) is 14.4 Å². The lowest BCUT2D eigenvalue weighted by molar-refractivity contribution is -0.149. The van der Waals surface area contributed by atoms with Crippen LogP contribution in [-0.4, -0.2) is 29.4 Å². The summed E-state index contributed by atoms with van der Waals surface area (Å²) in [4.78, 5) is 38.7. The Morgan fingerprint density at radius 2 is 1.93 bits per heavy atom. The van der Waals surface area contributed by atoms with Crippen LogP contribution >= 0.6 is 0 Å². The first-order valence-electron chi connectivity index (χ1n) is 9.42. The molecular weight excluding hydrogens is 372 g/mol. The van der Waals surface area contributed by atoms with Crippen LogP contribution in [-0.2, 0) is 32.9 Å². The molecule has 0 bridgehead atoms. The maximum absolute atomic E-state index is 13.0. The van der Waals surface area contributed by atoms with E-state index in [4.69, 9.17) is 9.15 Å². The number of nitrogens with one attached hydrogen (secondary N) is 1. The number of benzene rings is 2. The van der Waals surface area contributed by atoms with Gasteiger partial charge in [0.2, 0.25) is 0 Å². The fourth-order valence-electron chi connectivity index (χ4n) is 4.17. The molecule has 29 heavy (non-hydrogen) atoms. The van der Waals surface area contributed by atoms with Crippen molar-refractivity contribution in [2.75, 3.05) is 6.54 Å². The zero-order valence-corrected chi connectivity index (χ0v) is 15.5. The molecule has 3 aromatic rings. The molecule has 1 saturated heterocycles. The summed E-state index contributed by atoms with van der Waals surface area (Å²) in [6, 6.07) is 16.2. The van der Waals surface area contributed by atoms with E-state index in [0.29, 0.717) is 24.2 Å². The summed E-state index contributed by atoms with van der Waals surface area (Å²) in [5.41, 5.74) is 1.47. The van der Waals surface area contributed by atoms with Crippen molar-refractivity contribution >= 4 is 28.9 Å². The molecule has 0 saturated carbocycles. The van der Waals surface area contributed by atoms with Gasteiger partial charge in [0, 0.05) is 5.39 Å². The number of amides is 3. The second-order valence-electron chi connectivity index (χ2n) is 7.30. The summed E-state index contributed by atoms with van der Waals surface area (Å²) >= 11 is 0. The molecule has 2 aromatic carbocycles. The summed E-state index contributed by atoms with van der Waals surface area (Å²) in [6.07, 6.45) is 1.19. The molecule has 7 nitrogen and oxygen atoms in total. The number of hydrogen-bond donors (Lipinski definition) is 1. The fourth-order valence-corrected chi connectivity index (χ4v) is 4.17. The fraction of sp³-hybridized carbons (Fsp3) is 0.227. The Kier molecular flexibility index (Phi) is 3.91. The van der Waals surface area contributed by atoms with Crippen molar-refractivity contribution in [1.29, 1.82) is 0 Å². The van der Waals surface area contributed by atoms with E-state index in [1.165, 1.54) is 0 Å². The zero-order chi connectivity index (χ0) is 20.0. The Balaban J connectivity index is 1.27. The molecule has 2 heterocycles. The van der Waals surface area contributed by atoms with Crippen LogP contribution in [0.3, 0.4) is 0 Å². The largest absolute Gasteiger partial charge is 0.457 e. The topological polar surface area (TPSA) is 88.9 Å². The van der Waals surface area contributed by atoms with Crippen LogP contribution in [0.25, 0.3) is 11.0 Å². The molecule has 1 spiro atoms. The average molecular weight is 390 g/mol. The third-order valence-corrected chi connectivity index (χ3v) is 5.56.